The van der Waals surface area contributed by atoms with E-state index in [-0.39, 0.29) is 5.97 Å². The van der Waals surface area contributed by atoms with Gasteiger partial charge < -0.3 is 4.74 Å². The minimum atomic E-state index is -0.294. The van der Waals surface area contributed by atoms with Crippen LogP contribution in [-0.4, -0.2) is 5.97 Å². The van der Waals surface area contributed by atoms with E-state index in [9.17, 15) is 4.79 Å². The quantitative estimate of drug-likeness (QED) is 0.705. The minimum Gasteiger partial charge on any atom is -0.423 e. The highest BCUT2D eigenvalue weighted by Crippen LogP contribution is 2.13. The number of hydrogen-bond donors (Lipinski definition) is 0. The maximum absolute atomic E-state index is 11.7. The van der Waals surface area contributed by atoms with Gasteiger partial charge in [0, 0.05) is 0 Å². The van der Waals surface area contributed by atoms with Crippen molar-refractivity contribution in [3.8, 4) is 0 Å². The molecule has 0 spiro atoms. The second-order valence-electron chi connectivity index (χ2n) is 3.84. The van der Waals surface area contributed by atoms with Crippen LogP contribution in [0.25, 0.3) is 0 Å². The first-order valence-corrected chi connectivity index (χ1v) is 5.41. The summed E-state index contributed by atoms with van der Waals surface area (Å²) in [6, 6.07) is 7.37. The van der Waals surface area contributed by atoms with Gasteiger partial charge in [0.2, 0.25) is 0 Å². The van der Waals surface area contributed by atoms with Crippen LogP contribution in [0.4, 0.5) is 0 Å². The Balaban J connectivity index is 2.05. The minimum absolute atomic E-state index is 0.294. The van der Waals surface area contributed by atoms with Crippen molar-refractivity contribution in [2.75, 3.05) is 0 Å². The van der Waals surface area contributed by atoms with E-state index >= 15 is 0 Å². The van der Waals surface area contributed by atoms with Crippen LogP contribution < -0.4 is 0 Å². The van der Waals surface area contributed by atoms with Crippen LogP contribution in [0, 0.1) is 6.92 Å². The third kappa shape index (κ3) is 2.60. The van der Waals surface area contributed by atoms with Crippen LogP contribution in [0.3, 0.4) is 0 Å². The number of benzene rings is 1. The van der Waals surface area contributed by atoms with E-state index in [4.69, 9.17) is 4.74 Å². The largest absolute Gasteiger partial charge is 0.423 e. The second kappa shape index (κ2) is 4.79. The topological polar surface area (TPSA) is 26.3 Å². The molecule has 0 saturated heterocycles. The number of rotatable bonds is 2. The van der Waals surface area contributed by atoms with Crippen LogP contribution in [0.2, 0.25) is 0 Å². The molecule has 16 heavy (non-hydrogen) atoms. The molecule has 0 aliphatic heterocycles. The van der Waals surface area contributed by atoms with Gasteiger partial charge in [-0.05, 0) is 44.1 Å². The monoisotopic (exact) mass is 214 g/mol. The molecule has 0 fully saturated rings. The molecular formula is C14H14O2. The zero-order chi connectivity index (χ0) is 11.4. The van der Waals surface area contributed by atoms with Gasteiger partial charge in [0.25, 0.3) is 0 Å². The molecule has 0 heterocycles. The number of carbonyl (C=O) groups is 1. The summed E-state index contributed by atoms with van der Waals surface area (Å²) in [7, 11) is 0. The molecule has 1 aliphatic rings. The molecule has 1 aromatic carbocycles. The molecule has 0 bridgehead atoms. The first kappa shape index (κ1) is 10.7. The Morgan fingerprint density at radius 3 is 2.56 bits per heavy atom. The van der Waals surface area contributed by atoms with E-state index < -0.39 is 0 Å². The molecule has 0 amide bonds. The van der Waals surface area contributed by atoms with Crippen molar-refractivity contribution in [1.82, 2.24) is 0 Å². The van der Waals surface area contributed by atoms with Crippen molar-refractivity contribution < 1.29 is 9.53 Å². The van der Waals surface area contributed by atoms with Gasteiger partial charge in [-0.1, -0.05) is 23.8 Å². The van der Waals surface area contributed by atoms with E-state index in [2.05, 4.69) is 0 Å². The Morgan fingerprint density at radius 2 is 1.94 bits per heavy atom. The van der Waals surface area contributed by atoms with Crippen molar-refractivity contribution in [3.63, 3.8) is 0 Å². The highest BCUT2D eigenvalue weighted by atomic mass is 16.5. The van der Waals surface area contributed by atoms with Gasteiger partial charge in [0.05, 0.1) is 5.56 Å². The predicted octanol–water partition coefficient (Wildman–Crippen LogP) is 3.39. The molecule has 0 atom stereocenters. The summed E-state index contributed by atoms with van der Waals surface area (Å²) in [5.41, 5.74) is 1.72. The zero-order valence-corrected chi connectivity index (χ0v) is 9.27. The third-order valence-corrected chi connectivity index (χ3v) is 2.46. The smallest absolute Gasteiger partial charge is 0.343 e. The number of ether oxygens (including phenoxy) is 1. The first-order chi connectivity index (χ1) is 7.75. The van der Waals surface area contributed by atoms with Crippen LogP contribution >= 0.6 is 0 Å². The van der Waals surface area contributed by atoms with Crippen LogP contribution in [0.1, 0.15) is 28.8 Å². The molecule has 0 aromatic heterocycles. The molecule has 2 nitrogen and oxygen atoms in total. The molecule has 0 radical (unpaired) electrons. The summed E-state index contributed by atoms with van der Waals surface area (Å²) in [5.74, 6) is 0.356. The lowest BCUT2D eigenvalue weighted by Crippen LogP contribution is -2.04. The van der Waals surface area contributed by atoms with Crippen LogP contribution in [0.15, 0.2) is 48.3 Å². The maximum atomic E-state index is 11.7. The fraction of sp³-hybridized carbons (Fsp3) is 0.214. The lowest BCUT2D eigenvalue weighted by molar-refractivity contribution is 0.0635. The molecule has 2 rings (SSSR count). The average molecular weight is 214 g/mol. The molecule has 0 unspecified atom stereocenters. The Morgan fingerprint density at radius 1 is 1.19 bits per heavy atom. The summed E-state index contributed by atoms with van der Waals surface area (Å²) in [4.78, 5) is 11.7. The van der Waals surface area contributed by atoms with Crippen molar-refractivity contribution in [1.29, 1.82) is 0 Å². The molecule has 2 heteroatoms. The summed E-state index contributed by atoms with van der Waals surface area (Å²) in [5, 5.41) is 0. The van der Waals surface area contributed by atoms with Gasteiger partial charge in [0.15, 0.2) is 0 Å². The van der Waals surface area contributed by atoms with Gasteiger partial charge in [-0.15, -0.1) is 0 Å². The van der Waals surface area contributed by atoms with E-state index in [1.165, 1.54) is 0 Å². The number of hydrogen-bond acceptors (Lipinski definition) is 2. The number of carbonyl (C=O) groups excluding carboxylic acids is 1. The SMILES string of the molecule is Cc1ccc(C(=O)OC2=CCCC=C2)cc1. The number of aryl methyl sites for hydroxylation is 1. The first-order valence-electron chi connectivity index (χ1n) is 5.41. The fourth-order valence-corrected chi connectivity index (χ4v) is 1.52. The van der Waals surface area contributed by atoms with Crippen molar-refractivity contribution in [2.45, 2.75) is 19.8 Å². The van der Waals surface area contributed by atoms with Gasteiger partial charge in [0.1, 0.15) is 5.76 Å². The standard InChI is InChI=1S/C14H14O2/c1-11-7-9-12(10-8-11)14(15)16-13-5-3-2-4-6-13/h3,5-10H,2,4H2,1H3. The normalized spacial score (nSPS) is 14.4. The second-order valence-corrected chi connectivity index (χ2v) is 3.84. The van der Waals surface area contributed by atoms with E-state index in [1.54, 1.807) is 12.1 Å². The Labute approximate surface area is 95.2 Å². The Kier molecular flexibility index (Phi) is 3.20. The molecule has 0 N–H and O–H groups in total. The zero-order valence-electron chi connectivity index (χ0n) is 9.27. The number of allylic oxidation sites excluding steroid dienone is 3. The van der Waals surface area contributed by atoms with Gasteiger partial charge in [-0.3, -0.25) is 0 Å². The summed E-state index contributed by atoms with van der Waals surface area (Å²) < 4.78 is 5.25. The van der Waals surface area contributed by atoms with Crippen molar-refractivity contribution >= 4 is 5.97 Å². The lowest BCUT2D eigenvalue weighted by atomic mass is 10.1. The van der Waals surface area contributed by atoms with E-state index in [0.29, 0.717) is 11.3 Å². The fourth-order valence-electron chi connectivity index (χ4n) is 1.52. The average Bonchev–Trinajstić information content (AvgIpc) is 2.31. The van der Waals surface area contributed by atoms with E-state index in [0.717, 1.165) is 18.4 Å². The van der Waals surface area contributed by atoms with Gasteiger partial charge >= 0.3 is 5.97 Å². The predicted molar refractivity (Wildman–Crippen MR) is 63.1 cm³/mol. The van der Waals surface area contributed by atoms with Crippen LogP contribution in [-0.2, 0) is 4.74 Å². The Bertz CT molecular complexity index is 438. The van der Waals surface area contributed by atoms with Gasteiger partial charge in [-0.2, -0.15) is 0 Å². The highest BCUT2D eigenvalue weighted by molar-refractivity contribution is 5.90. The third-order valence-electron chi connectivity index (χ3n) is 2.46. The van der Waals surface area contributed by atoms with Gasteiger partial charge in [-0.25, -0.2) is 4.79 Å². The highest BCUT2D eigenvalue weighted by Gasteiger charge is 2.09. The van der Waals surface area contributed by atoms with Crippen molar-refractivity contribution in [3.05, 3.63) is 59.4 Å². The molecular weight excluding hydrogens is 200 g/mol. The molecule has 0 saturated carbocycles. The molecule has 1 aliphatic carbocycles. The van der Waals surface area contributed by atoms with Crippen molar-refractivity contribution in [2.24, 2.45) is 0 Å². The van der Waals surface area contributed by atoms with Crippen LogP contribution in [0.5, 0.6) is 0 Å². The lowest BCUT2D eigenvalue weighted by Gasteiger charge is -2.08. The molecule has 1 aromatic rings. The summed E-state index contributed by atoms with van der Waals surface area (Å²) in [6.07, 6.45) is 7.75. The van der Waals surface area contributed by atoms with E-state index in [1.807, 2.05) is 37.3 Å². The molecule has 82 valence electrons. The summed E-state index contributed by atoms with van der Waals surface area (Å²) in [6.45, 7) is 1.99. The maximum Gasteiger partial charge on any atom is 0.343 e. The summed E-state index contributed by atoms with van der Waals surface area (Å²) >= 11 is 0. The Hall–Kier alpha value is -1.83. The number of esters is 1.